The number of esters is 1. The maximum Gasteiger partial charge on any atom is 0.335 e. The number of rotatable bonds is 6. The molecule has 3 aromatic carbocycles. The first-order valence-electron chi connectivity index (χ1n) is 13.3. The number of nitrogens with zero attached hydrogens (tertiary/aromatic N) is 1. The first-order valence-corrected chi connectivity index (χ1v) is 13.3. The van der Waals surface area contributed by atoms with E-state index in [9.17, 15) is 19.2 Å². The highest BCUT2D eigenvalue weighted by Gasteiger charge is 2.68. The van der Waals surface area contributed by atoms with Crippen LogP contribution in [-0.2, 0) is 20.8 Å². The van der Waals surface area contributed by atoms with E-state index in [0.29, 0.717) is 17.2 Å². The summed E-state index contributed by atoms with van der Waals surface area (Å²) in [7, 11) is 0. The maximum atomic E-state index is 14.0. The van der Waals surface area contributed by atoms with E-state index in [1.807, 2.05) is 54.6 Å². The van der Waals surface area contributed by atoms with Gasteiger partial charge in [0.2, 0.25) is 11.8 Å². The molecule has 3 fully saturated rings. The molecule has 1 aliphatic heterocycles. The highest BCUT2D eigenvalue weighted by atomic mass is 16.5. The van der Waals surface area contributed by atoms with Gasteiger partial charge in [-0.25, -0.2) is 4.79 Å². The number of carbonyl (C=O) groups is 4. The lowest BCUT2D eigenvalue weighted by molar-refractivity contribution is -0.153. The minimum atomic E-state index is -1.13. The molecule has 6 heteroatoms. The number of benzene rings is 3. The van der Waals surface area contributed by atoms with Crippen molar-refractivity contribution < 1.29 is 23.9 Å². The summed E-state index contributed by atoms with van der Waals surface area (Å²) in [4.78, 5) is 55.4. The Balaban J connectivity index is 1.28. The molecule has 0 aromatic heterocycles. The average molecular weight is 506 g/mol. The van der Waals surface area contributed by atoms with Gasteiger partial charge >= 0.3 is 5.97 Å². The van der Waals surface area contributed by atoms with Crippen LogP contribution < -0.4 is 4.74 Å². The van der Waals surface area contributed by atoms with Gasteiger partial charge < -0.3 is 4.74 Å². The lowest BCUT2D eigenvalue weighted by atomic mass is 9.63. The minimum Gasteiger partial charge on any atom is -0.424 e. The first-order chi connectivity index (χ1) is 18.4. The van der Waals surface area contributed by atoms with Gasteiger partial charge in [-0.2, -0.15) is 0 Å². The Morgan fingerprint density at radius 3 is 2.16 bits per heavy atom. The fourth-order valence-corrected chi connectivity index (χ4v) is 7.20. The summed E-state index contributed by atoms with van der Waals surface area (Å²) in [6, 6.07) is 19.1. The molecule has 0 N–H and O–H groups in total. The Labute approximate surface area is 220 Å². The molecule has 2 bridgehead atoms. The lowest BCUT2D eigenvalue weighted by Crippen LogP contribution is -2.48. The van der Waals surface area contributed by atoms with Crippen LogP contribution in [0.2, 0.25) is 0 Å². The average Bonchev–Trinajstić information content (AvgIpc) is 3.71. The predicted molar refractivity (Wildman–Crippen MR) is 140 cm³/mol. The van der Waals surface area contributed by atoms with E-state index in [1.165, 1.54) is 11.8 Å². The van der Waals surface area contributed by atoms with Gasteiger partial charge in [-0.3, -0.25) is 19.3 Å². The zero-order valence-corrected chi connectivity index (χ0v) is 20.9. The Morgan fingerprint density at radius 1 is 0.868 bits per heavy atom. The van der Waals surface area contributed by atoms with Crippen LogP contribution in [0, 0.1) is 35.5 Å². The molecule has 1 saturated heterocycles. The van der Waals surface area contributed by atoms with Crippen molar-refractivity contribution in [3.63, 3.8) is 0 Å². The van der Waals surface area contributed by atoms with Gasteiger partial charge in [0.15, 0.2) is 5.78 Å². The van der Waals surface area contributed by atoms with Crippen LogP contribution in [-0.4, -0.2) is 34.5 Å². The molecule has 7 atom stereocenters. The van der Waals surface area contributed by atoms with Crippen molar-refractivity contribution in [2.75, 3.05) is 0 Å². The Morgan fingerprint density at radius 2 is 1.50 bits per heavy atom. The molecule has 0 radical (unpaired) electrons. The molecule has 8 rings (SSSR count). The van der Waals surface area contributed by atoms with Crippen molar-refractivity contribution in [2.24, 2.45) is 35.5 Å². The topological polar surface area (TPSA) is 80.8 Å². The molecule has 4 aliphatic carbocycles. The van der Waals surface area contributed by atoms with Crippen LogP contribution in [0.15, 0.2) is 78.9 Å². The summed E-state index contributed by atoms with van der Waals surface area (Å²) in [5.41, 5.74) is 1.10. The van der Waals surface area contributed by atoms with Gasteiger partial charge in [-0.05, 0) is 54.0 Å². The highest BCUT2D eigenvalue weighted by molar-refractivity contribution is 6.10. The summed E-state index contributed by atoms with van der Waals surface area (Å²) in [6.07, 6.45) is 5.45. The van der Waals surface area contributed by atoms with E-state index in [-0.39, 0.29) is 47.2 Å². The van der Waals surface area contributed by atoms with Gasteiger partial charge in [0, 0.05) is 11.8 Å². The van der Waals surface area contributed by atoms with E-state index >= 15 is 0 Å². The highest BCUT2D eigenvalue weighted by Crippen LogP contribution is 2.65. The number of amides is 2. The molecule has 2 amide bonds. The predicted octanol–water partition coefficient (Wildman–Crippen LogP) is 4.61. The lowest BCUT2D eigenvalue weighted by Gasteiger charge is -2.37. The molecule has 0 unspecified atom stereocenters. The van der Waals surface area contributed by atoms with E-state index in [1.54, 1.807) is 12.1 Å². The number of hydrogen-bond acceptors (Lipinski definition) is 5. The Kier molecular flexibility index (Phi) is 5.15. The number of ether oxygens (including phenoxy) is 1. The molecule has 190 valence electrons. The number of carbonyl (C=O) groups excluding carboxylic acids is 4. The Bertz CT molecular complexity index is 1510. The molecule has 2 saturated carbocycles. The standard InChI is InChI=1S/C32H27NO5/c1-17(34)20-12-11-19-9-5-6-10-21(19)29(20)38-32(37)26(15-18-7-3-2-4-8-18)33-30(35)27-22-13-14-23(25-16-24(22)25)28(27)31(33)36/h2-14,22-28H,15-16H2,1H3/t22-,23-,24-,25-,26-,27-,28+/m0/s1. The van der Waals surface area contributed by atoms with Gasteiger partial charge in [0.05, 0.1) is 17.4 Å². The molecule has 6 nitrogen and oxygen atoms in total. The van der Waals surface area contributed by atoms with Crippen LogP contribution in [0.1, 0.15) is 29.3 Å². The molecule has 5 aliphatic rings. The third kappa shape index (κ3) is 3.39. The van der Waals surface area contributed by atoms with Crippen LogP contribution in [0.5, 0.6) is 5.75 Å². The number of Topliss-reactive ketones (excluding diaryl/α,β-unsaturated/α-hetero) is 1. The maximum absolute atomic E-state index is 14.0. The quantitative estimate of drug-likeness (QED) is 0.161. The first kappa shape index (κ1) is 23.1. The largest absolute Gasteiger partial charge is 0.424 e. The van der Waals surface area contributed by atoms with Crippen molar-refractivity contribution >= 4 is 34.3 Å². The summed E-state index contributed by atoms with van der Waals surface area (Å²) in [5, 5.41) is 1.45. The van der Waals surface area contributed by atoms with Crippen molar-refractivity contribution in [3.8, 4) is 5.75 Å². The van der Waals surface area contributed by atoms with E-state index in [0.717, 1.165) is 17.4 Å². The van der Waals surface area contributed by atoms with Crippen LogP contribution in [0.3, 0.4) is 0 Å². The summed E-state index contributed by atoms with van der Waals surface area (Å²) in [5.74, 6) is -1.07. The van der Waals surface area contributed by atoms with Crippen molar-refractivity contribution in [1.29, 1.82) is 0 Å². The number of imide groups is 1. The molecule has 38 heavy (non-hydrogen) atoms. The smallest absolute Gasteiger partial charge is 0.335 e. The van der Waals surface area contributed by atoms with Gasteiger partial charge in [-0.1, -0.05) is 72.8 Å². The second kappa shape index (κ2) is 8.48. The fraction of sp³-hybridized carbons (Fsp3) is 0.312. The number of fused-ring (bicyclic) bond motifs is 1. The Hall–Kier alpha value is -4.06. The fourth-order valence-electron chi connectivity index (χ4n) is 7.20. The van der Waals surface area contributed by atoms with Crippen LogP contribution >= 0.6 is 0 Å². The molecular weight excluding hydrogens is 478 g/mol. The summed E-state index contributed by atoms with van der Waals surface area (Å²) < 4.78 is 5.99. The summed E-state index contributed by atoms with van der Waals surface area (Å²) in [6.45, 7) is 1.43. The molecule has 3 aromatic rings. The normalized spacial score (nSPS) is 29.2. The zero-order valence-electron chi connectivity index (χ0n) is 20.9. The van der Waals surface area contributed by atoms with E-state index in [2.05, 4.69) is 12.2 Å². The molecule has 0 spiro atoms. The number of allylic oxidation sites excluding steroid dienone is 2. The van der Waals surface area contributed by atoms with E-state index in [4.69, 9.17) is 4.74 Å². The number of likely N-dealkylation sites (tertiary alicyclic amines) is 1. The third-order valence-corrected chi connectivity index (χ3v) is 9.01. The van der Waals surface area contributed by atoms with Crippen molar-refractivity contribution in [2.45, 2.75) is 25.8 Å². The van der Waals surface area contributed by atoms with Crippen LogP contribution in [0.4, 0.5) is 0 Å². The number of hydrogen-bond donors (Lipinski definition) is 0. The van der Waals surface area contributed by atoms with Crippen molar-refractivity contribution in [3.05, 3.63) is 90.0 Å². The van der Waals surface area contributed by atoms with Crippen LogP contribution in [0.25, 0.3) is 10.8 Å². The second-order valence-corrected chi connectivity index (χ2v) is 11.0. The third-order valence-electron chi connectivity index (χ3n) is 9.01. The SMILES string of the molecule is CC(=O)c1ccc2ccccc2c1OC(=O)[C@H](Cc1ccccc1)N1C(=O)[C@@H]2[C@H]3C=C[C@@H]([C@@H]4C[C@@H]34)[C@@H]2C1=O. The molecular formula is C32H27NO5. The monoisotopic (exact) mass is 505 g/mol. The number of ketones is 1. The van der Waals surface area contributed by atoms with Gasteiger partial charge in [0.25, 0.3) is 0 Å². The van der Waals surface area contributed by atoms with E-state index < -0.39 is 23.8 Å². The van der Waals surface area contributed by atoms with Gasteiger partial charge in [-0.15, -0.1) is 0 Å². The van der Waals surface area contributed by atoms with Crippen molar-refractivity contribution in [1.82, 2.24) is 4.90 Å². The minimum absolute atomic E-state index is 0.0622. The van der Waals surface area contributed by atoms with Gasteiger partial charge in [0.1, 0.15) is 11.8 Å². The zero-order chi connectivity index (χ0) is 26.1. The summed E-state index contributed by atoms with van der Waals surface area (Å²) >= 11 is 0. The second-order valence-electron chi connectivity index (χ2n) is 11.0. The molecule has 1 heterocycles.